The van der Waals surface area contributed by atoms with Crippen molar-refractivity contribution in [3.8, 4) is 0 Å². The molecule has 2 heterocycles. The third-order valence-corrected chi connectivity index (χ3v) is 4.23. The van der Waals surface area contributed by atoms with Crippen LogP contribution in [0.4, 0.5) is 0 Å². The van der Waals surface area contributed by atoms with Gasteiger partial charge in [0, 0.05) is 38.1 Å². The van der Waals surface area contributed by atoms with Gasteiger partial charge < -0.3 is 10.6 Å². The van der Waals surface area contributed by atoms with Gasteiger partial charge in [0.1, 0.15) is 6.04 Å². The number of thiophene rings is 1. The normalized spacial score (nSPS) is 21.4. The van der Waals surface area contributed by atoms with Crippen LogP contribution < -0.4 is 10.6 Å². The van der Waals surface area contributed by atoms with Crippen LogP contribution in [0.15, 0.2) is 11.4 Å². The summed E-state index contributed by atoms with van der Waals surface area (Å²) in [5.74, 6) is 0.103. The Kier molecular flexibility index (Phi) is 4.15. The molecule has 0 saturated carbocycles. The Labute approximate surface area is 106 Å². The van der Waals surface area contributed by atoms with Crippen molar-refractivity contribution in [2.24, 2.45) is 0 Å². The zero-order valence-electron chi connectivity index (χ0n) is 10.3. The molecule has 1 aliphatic rings. The third-order valence-electron chi connectivity index (χ3n) is 3.22. The number of likely N-dealkylation sites (N-methyl/N-ethyl adjacent to an activating group) is 1. The fourth-order valence-electron chi connectivity index (χ4n) is 2.11. The number of aryl methyl sites for hydroxylation is 1. The smallest absolute Gasteiger partial charge is 0.238 e. The molecule has 1 aliphatic heterocycles. The van der Waals surface area contributed by atoms with E-state index in [1.54, 1.807) is 18.4 Å². The first-order chi connectivity index (χ1) is 8.22. The molecule has 1 amide bonds. The molecule has 0 radical (unpaired) electrons. The van der Waals surface area contributed by atoms with Crippen LogP contribution in [0.3, 0.4) is 0 Å². The lowest BCUT2D eigenvalue weighted by Crippen LogP contribution is -2.56. The van der Waals surface area contributed by atoms with Gasteiger partial charge in [-0.2, -0.15) is 0 Å². The van der Waals surface area contributed by atoms with E-state index in [1.165, 1.54) is 10.4 Å². The lowest BCUT2D eigenvalue weighted by molar-refractivity contribution is -0.126. The second kappa shape index (κ2) is 5.62. The maximum atomic E-state index is 11.8. The van der Waals surface area contributed by atoms with Crippen molar-refractivity contribution in [2.75, 3.05) is 26.7 Å². The second-order valence-corrected chi connectivity index (χ2v) is 5.33. The first kappa shape index (κ1) is 12.5. The van der Waals surface area contributed by atoms with Gasteiger partial charge in [-0.25, -0.2) is 0 Å². The summed E-state index contributed by atoms with van der Waals surface area (Å²) in [6, 6.07) is 2.09. The predicted molar refractivity (Wildman–Crippen MR) is 70.2 cm³/mol. The first-order valence-corrected chi connectivity index (χ1v) is 6.79. The number of hydrogen-bond acceptors (Lipinski definition) is 4. The molecule has 2 N–H and O–H groups in total. The van der Waals surface area contributed by atoms with Crippen LogP contribution in [0, 0.1) is 6.92 Å². The Morgan fingerprint density at radius 1 is 1.71 bits per heavy atom. The Balaban J connectivity index is 2.06. The predicted octanol–water partition coefficient (Wildman–Crippen LogP) is 0.576. The topological polar surface area (TPSA) is 44.4 Å². The molecule has 1 atom stereocenters. The van der Waals surface area contributed by atoms with Gasteiger partial charge in [-0.05, 0) is 23.9 Å². The molecule has 5 heteroatoms. The standard InChI is InChI=1S/C12H19N3OS/c1-9-3-6-17-11(9)8-15-5-4-14-7-10(15)12(16)13-2/h3,6,10,14H,4-5,7-8H2,1-2H3,(H,13,16). The summed E-state index contributed by atoms with van der Waals surface area (Å²) in [6.07, 6.45) is 0. The van der Waals surface area contributed by atoms with Crippen LogP contribution in [0.5, 0.6) is 0 Å². The molecule has 0 spiro atoms. The number of nitrogens with one attached hydrogen (secondary N) is 2. The highest BCUT2D eigenvalue weighted by Gasteiger charge is 2.28. The number of hydrogen-bond donors (Lipinski definition) is 2. The average molecular weight is 253 g/mol. The summed E-state index contributed by atoms with van der Waals surface area (Å²) in [4.78, 5) is 15.4. The summed E-state index contributed by atoms with van der Waals surface area (Å²) in [6.45, 7) is 5.63. The van der Waals surface area contributed by atoms with Crippen LogP contribution in [0.2, 0.25) is 0 Å². The number of rotatable bonds is 3. The SMILES string of the molecule is CNC(=O)C1CNCCN1Cc1sccc1C. The molecule has 17 heavy (non-hydrogen) atoms. The van der Waals surface area contributed by atoms with Gasteiger partial charge in [0.05, 0.1) is 0 Å². The van der Waals surface area contributed by atoms with Gasteiger partial charge in [-0.1, -0.05) is 0 Å². The number of carbonyl (C=O) groups excluding carboxylic acids is 1. The molecule has 1 unspecified atom stereocenters. The Morgan fingerprint density at radius 2 is 2.53 bits per heavy atom. The van der Waals surface area contributed by atoms with E-state index >= 15 is 0 Å². The number of nitrogens with zero attached hydrogens (tertiary/aromatic N) is 1. The second-order valence-electron chi connectivity index (χ2n) is 4.33. The van der Waals surface area contributed by atoms with E-state index in [2.05, 4.69) is 33.9 Å². The average Bonchev–Trinajstić information content (AvgIpc) is 2.75. The van der Waals surface area contributed by atoms with Gasteiger partial charge in [0.25, 0.3) is 0 Å². The number of carbonyl (C=O) groups is 1. The van der Waals surface area contributed by atoms with E-state index < -0.39 is 0 Å². The molecule has 0 bridgehead atoms. The lowest BCUT2D eigenvalue weighted by Gasteiger charge is -2.34. The molecule has 0 aliphatic carbocycles. The Hall–Kier alpha value is -0.910. The Morgan fingerprint density at radius 3 is 3.18 bits per heavy atom. The quantitative estimate of drug-likeness (QED) is 0.828. The minimum atomic E-state index is -0.0461. The lowest BCUT2D eigenvalue weighted by atomic mass is 10.1. The first-order valence-electron chi connectivity index (χ1n) is 5.91. The van der Waals surface area contributed by atoms with Crippen LogP contribution in [0.1, 0.15) is 10.4 Å². The highest BCUT2D eigenvalue weighted by Crippen LogP contribution is 2.19. The van der Waals surface area contributed by atoms with Crippen LogP contribution in [0.25, 0.3) is 0 Å². The molecule has 94 valence electrons. The van der Waals surface area contributed by atoms with Gasteiger partial charge in [-0.15, -0.1) is 11.3 Å². The molecular weight excluding hydrogens is 234 g/mol. The van der Waals surface area contributed by atoms with Gasteiger partial charge in [-0.3, -0.25) is 9.69 Å². The molecule has 0 aromatic carbocycles. The molecular formula is C12H19N3OS. The fraction of sp³-hybridized carbons (Fsp3) is 0.583. The van der Waals surface area contributed by atoms with Crippen molar-refractivity contribution in [2.45, 2.75) is 19.5 Å². The molecule has 4 nitrogen and oxygen atoms in total. The fourth-order valence-corrected chi connectivity index (χ4v) is 3.04. The van der Waals surface area contributed by atoms with Crippen LogP contribution >= 0.6 is 11.3 Å². The minimum absolute atomic E-state index is 0.0461. The van der Waals surface area contributed by atoms with E-state index in [4.69, 9.17) is 0 Å². The summed E-state index contributed by atoms with van der Waals surface area (Å²) < 4.78 is 0. The third kappa shape index (κ3) is 2.86. The summed E-state index contributed by atoms with van der Waals surface area (Å²) in [5, 5.41) is 8.13. The van der Waals surface area contributed by atoms with Crippen LogP contribution in [-0.2, 0) is 11.3 Å². The van der Waals surface area contributed by atoms with E-state index in [-0.39, 0.29) is 11.9 Å². The number of amides is 1. The molecule has 2 rings (SSSR count). The van der Waals surface area contributed by atoms with Crippen molar-refractivity contribution >= 4 is 17.2 Å². The maximum Gasteiger partial charge on any atom is 0.238 e. The zero-order chi connectivity index (χ0) is 12.3. The van der Waals surface area contributed by atoms with Gasteiger partial charge in [0.2, 0.25) is 5.91 Å². The summed E-state index contributed by atoms with van der Waals surface area (Å²) >= 11 is 1.77. The summed E-state index contributed by atoms with van der Waals surface area (Å²) in [7, 11) is 1.70. The van der Waals surface area contributed by atoms with Crippen molar-refractivity contribution in [3.63, 3.8) is 0 Å². The zero-order valence-corrected chi connectivity index (χ0v) is 11.1. The Bertz CT molecular complexity index is 391. The van der Waals surface area contributed by atoms with Crippen molar-refractivity contribution in [3.05, 3.63) is 21.9 Å². The van der Waals surface area contributed by atoms with Crippen molar-refractivity contribution < 1.29 is 4.79 Å². The molecule has 1 saturated heterocycles. The van der Waals surface area contributed by atoms with Gasteiger partial charge in [0.15, 0.2) is 0 Å². The maximum absolute atomic E-state index is 11.8. The highest BCUT2D eigenvalue weighted by molar-refractivity contribution is 7.10. The van der Waals surface area contributed by atoms with Crippen LogP contribution in [-0.4, -0.2) is 43.5 Å². The van der Waals surface area contributed by atoms with Crippen molar-refractivity contribution in [1.82, 2.24) is 15.5 Å². The van der Waals surface area contributed by atoms with E-state index in [0.29, 0.717) is 0 Å². The monoisotopic (exact) mass is 253 g/mol. The number of piperazine rings is 1. The molecule has 1 aromatic rings. The van der Waals surface area contributed by atoms with E-state index in [9.17, 15) is 4.79 Å². The van der Waals surface area contributed by atoms with E-state index in [1.807, 2.05) is 0 Å². The van der Waals surface area contributed by atoms with Gasteiger partial charge >= 0.3 is 0 Å². The molecule has 1 fully saturated rings. The van der Waals surface area contributed by atoms with Crippen molar-refractivity contribution in [1.29, 1.82) is 0 Å². The minimum Gasteiger partial charge on any atom is -0.358 e. The molecule has 1 aromatic heterocycles. The van der Waals surface area contributed by atoms with E-state index in [0.717, 1.165) is 26.2 Å². The highest BCUT2D eigenvalue weighted by atomic mass is 32.1. The summed E-state index contributed by atoms with van der Waals surface area (Å²) in [5.41, 5.74) is 1.32. The largest absolute Gasteiger partial charge is 0.358 e.